The molecule has 0 aliphatic carbocycles. The third kappa shape index (κ3) is 3.58. The van der Waals surface area contributed by atoms with Gasteiger partial charge in [0.25, 0.3) is 0 Å². The van der Waals surface area contributed by atoms with Gasteiger partial charge in [0.05, 0.1) is 12.1 Å². The number of hydrogen-bond acceptors (Lipinski definition) is 4. The molecule has 1 aromatic rings. The lowest BCUT2D eigenvalue weighted by Gasteiger charge is -2.40. The van der Waals surface area contributed by atoms with Crippen molar-refractivity contribution in [2.75, 3.05) is 26.2 Å². The second-order valence-electron chi connectivity index (χ2n) is 5.90. The zero-order valence-corrected chi connectivity index (χ0v) is 12.6. The molecule has 1 saturated heterocycles. The fourth-order valence-electron chi connectivity index (χ4n) is 2.50. The number of aromatic nitrogens is 2. The fraction of sp³-hybridized carbons (Fsp3) is 0.714. The van der Waals surface area contributed by atoms with Crippen LogP contribution in [0, 0.1) is 0 Å². The number of hydrogen-bond donors (Lipinski definition) is 2. The Hall–Kier alpha value is -1.40. The summed E-state index contributed by atoms with van der Waals surface area (Å²) < 4.78 is 1.84. The molecule has 1 unspecified atom stereocenters. The van der Waals surface area contributed by atoms with Gasteiger partial charge in [-0.1, -0.05) is 0 Å². The van der Waals surface area contributed by atoms with Crippen molar-refractivity contribution in [3.8, 4) is 0 Å². The average Bonchev–Trinajstić information content (AvgIpc) is 2.92. The summed E-state index contributed by atoms with van der Waals surface area (Å²) in [5.74, 6) is 0.0825. The lowest BCUT2D eigenvalue weighted by Crippen LogP contribution is -2.61. The average molecular weight is 279 g/mol. The monoisotopic (exact) mass is 279 g/mol. The van der Waals surface area contributed by atoms with Gasteiger partial charge in [-0.2, -0.15) is 5.10 Å². The van der Waals surface area contributed by atoms with Crippen molar-refractivity contribution in [3.05, 3.63) is 18.5 Å². The molecule has 1 aliphatic rings. The number of rotatable bonds is 5. The van der Waals surface area contributed by atoms with E-state index in [1.165, 1.54) is 0 Å². The third-order valence-electron chi connectivity index (χ3n) is 3.86. The molecule has 2 N–H and O–H groups in total. The highest BCUT2D eigenvalue weighted by Crippen LogP contribution is 2.15. The molecule has 2 rings (SSSR count). The molecule has 1 aliphatic heterocycles. The van der Waals surface area contributed by atoms with E-state index >= 15 is 0 Å². The Bertz CT molecular complexity index is 423. The Morgan fingerprint density at radius 2 is 2.15 bits per heavy atom. The van der Waals surface area contributed by atoms with Gasteiger partial charge in [-0.25, -0.2) is 0 Å². The van der Waals surface area contributed by atoms with Crippen LogP contribution < -0.4 is 10.6 Å². The van der Waals surface area contributed by atoms with E-state index in [0.717, 1.165) is 26.2 Å². The number of nitrogens with zero attached hydrogens (tertiary/aromatic N) is 3. The highest BCUT2D eigenvalue weighted by atomic mass is 16.2. The number of nitrogens with one attached hydrogen (secondary N) is 2. The van der Waals surface area contributed by atoms with Crippen LogP contribution in [0.2, 0.25) is 0 Å². The molecule has 0 saturated carbocycles. The van der Waals surface area contributed by atoms with Gasteiger partial charge >= 0.3 is 0 Å². The summed E-state index contributed by atoms with van der Waals surface area (Å²) >= 11 is 0. The molecule has 1 fully saturated rings. The van der Waals surface area contributed by atoms with Gasteiger partial charge in [-0.3, -0.25) is 14.4 Å². The van der Waals surface area contributed by atoms with Gasteiger partial charge in [-0.05, 0) is 26.8 Å². The molecule has 1 atom stereocenters. The van der Waals surface area contributed by atoms with Crippen molar-refractivity contribution in [3.63, 3.8) is 0 Å². The van der Waals surface area contributed by atoms with E-state index in [9.17, 15) is 4.79 Å². The van der Waals surface area contributed by atoms with Crippen molar-refractivity contribution < 1.29 is 4.79 Å². The third-order valence-corrected chi connectivity index (χ3v) is 3.86. The number of amides is 1. The van der Waals surface area contributed by atoms with E-state index in [0.29, 0.717) is 6.54 Å². The van der Waals surface area contributed by atoms with Crippen LogP contribution in [0.25, 0.3) is 0 Å². The largest absolute Gasteiger partial charge is 0.350 e. The summed E-state index contributed by atoms with van der Waals surface area (Å²) in [4.78, 5) is 14.7. The molecular formula is C14H25N5O. The normalized spacial score (nSPS) is 18.8. The Morgan fingerprint density at radius 3 is 2.75 bits per heavy atom. The van der Waals surface area contributed by atoms with Crippen LogP contribution in [0.4, 0.5) is 0 Å². The van der Waals surface area contributed by atoms with Crippen molar-refractivity contribution >= 4 is 5.91 Å². The number of piperazine rings is 1. The maximum atomic E-state index is 12.5. The smallest absolute Gasteiger partial charge is 0.240 e. The first-order valence-corrected chi connectivity index (χ1v) is 7.24. The summed E-state index contributed by atoms with van der Waals surface area (Å²) in [5, 5.41) is 10.6. The van der Waals surface area contributed by atoms with E-state index in [1.807, 2.05) is 37.7 Å². The predicted molar refractivity (Wildman–Crippen MR) is 78.4 cm³/mol. The lowest BCUT2D eigenvalue weighted by molar-refractivity contribution is -0.132. The van der Waals surface area contributed by atoms with Crippen LogP contribution in [0.3, 0.4) is 0 Å². The van der Waals surface area contributed by atoms with Crippen LogP contribution in [0.1, 0.15) is 20.8 Å². The molecule has 1 amide bonds. The minimum absolute atomic E-state index is 0.0598. The molecule has 1 aromatic heterocycles. The molecule has 6 heteroatoms. The fourth-order valence-corrected chi connectivity index (χ4v) is 2.50. The van der Waals surface area contributed by atoms with Gasteiger partial charge < -0.3 is 10.6 Å². The standard InChI is InChI=1S/C14H25N5O/c1-12(11-19-8-4-5-16-19)17-13(20)14(2,3)18-9-6-15-7-10-18/h4-5,8,12,15H,6-7,9-11H2,1-3H3,(H,17,20). The zero-order chi connectivity index (χ0) is 14.6. The SMILES string of the molecule is CC(Cn1cccn1)NC(=O)C(C)(C)N1CCNCC1. The first-order chi connectivity index (χ1) is 9.50. The highest BCUT2D eigenvalue weighted by molar-refractivity contribution is 5.85. The Kier molecular flexibility index (Phi) is 4.77. The lowest BCUT2D eigenvalue weighted by atomic mass is 10.00. The molecule has 112 valence electrons. The van der Waals surface area contributed by atoms with E-state index in [-0.39, 0.29) is 11.9 Å². The van der Waals surface area contributed by atoms with Crippen LogP contribution in [0.15, 0.2) is 18.5 Å². The molecular weight excluding hydrogens is 254 g/mol. The summed E-state index contributed by atoms with van der Waals surface area (Å²) in [7, 11) is 0. The first kappa shape index (κ1) is 15.0. The highest BCUT2D eigenvalue weighted by Gasteiger charge is 2.35. The molecule has 0 bridgehead atoms. The minimum atomic E-state index is -0.472. The number of carbonyl (C=O) groups excluding carboxylic acids is 1. The first-order valence-electron chi connectivity index (χ1n) is 7.24. The van der Waals surface area contributed by atoms with Crippen molar-refractivity contribution in [1.82, 2.24) is 25.3 Å². The molecule has 20 heavy (non-hydrogen) atoms. The van der Waals surface area contributed by atoms with E-state index in [2.05, 4.69) is 20.6 Å². The van der Waals surface area contributed by atoms with E-state index < -0.39 is 5.54 Å². The topological polar surface area (TPSA) is 62.2 Å². The van der Waals surface area contributed by atoms with Crippen LogP contribution >= 0.6 is 0 Å². The Labute approximate surface area is 120 Å². The maximum absolute atomic E-state index is 12.5. The van der Waals surface area contributed by atoms with Crippen LogP contribution in [-0.2, 0) is 11.3 Å². The van der Waals surface area contributed by atoms with E-state index in [1.54, 1.807) is 6.20 Å². The summed E-state index contributed by atoms with van der Waals surface area (Å²) in [6.45, 7) is 10.4. The van der Waals surface area contributed by atoms with Crippen molar-refractivity contribution in [2.24, 2.45) is 0 Å². The van der Waals surface area contributed by atoms with E-state index in [4.69, 9.17) is 0 Å². The molecule has 0 aromatic carbocycles. The second-order valence-corrected chi connectivity index (χ2v) is 5.90. The van der Waals surface area contributed by atoms with Crippen molar-refractivity contribution in [2.45, 2.75) is 38.9 Å². The maximum Gasteiger partial charge on any atom is 0.240 e. The van der Waals surface area contributed by atoms with Crippen molar-refractivity contribution in [1.29, 1.82) is 0 Å². The molecule has 0 radical (unpaired) electrons. The molecule has 0 spiro atoms. The minimum Gasteiger partial charge on any atom is -0.350 e. The van der Waals surface area contributed by atoms with Gasteiger partial charge in [0, 0.05) is 44.6 Å². The Balaban J connectivity index is 1.89. The summed E-state index contributed by atoms with van der Waals surface area (Å²) in [6.07, 6.45) is 3.66. The quantitative estimate of drug-likeness (QED) is 0.801. The van der Waals surface area contributed by atoms with Gasteiger partial charge in [0.1, 0.15) is 0 Å². The number of carbonyl (C=O) groups is 1. The van der Waals surface area contributed by atoms with Gasteiger partial charge in [-0.15, -0.1) is 0 Å². The summed E-state index contributed by atoms with van der Waals surface area (Å²) in [6, 6.07) is 1.95. The van der Waals surface area contributed by atoms with Crippen LogP contribution in [0.5, 0.6) is 0 Å². The van der Waals surface area contributed by atoms with Gasteiger partial charge in [0.15, 0.2) is 0 Å². The van der Waals surface area contributed by atoms with Gasteiger partial charge in [0.2, 0.25) is 5.91 Å². The van der Waals surface area contributed by atoms with Crippen LogP contribution in [-0.4, -0.2) is 58.3 Å². The Morgan fingerprint density at radius 1 is 1.45 bits per heavy atom. The second kappa shape index (κ2) is 6.37. The molecule has 6 nitrogen and oxygen atoms in total. The zero-order valence-electron chi connectivity index (χ0n) is 12.6. The summed E-state index contributed by atoms with van der Waals surface area (Å²) in [5.41, 5.74) is -0.472. The molecule has 2 heterocycles. The predicted octanol–water partition coefficient (Wildman–Crippen LogP) is 0.0716.